The largest absolute Gasteiger partial charge is 0.481 e. The van der Waals surface area contributed by atoms with Gasteiger partial charge in [-0.2, -0.15) is 0 Å². The van der Waals surface area contributed by atoms with E-state index in [1.165, 1.54) is 0 Å². The second-order valence-electron chi connectivity index (χ2n) is 9.67. The number of nitrogens with zero attached hydrogens (tertiary/aromatic N) is 1. The molecule has 3 aliphatic rings. The van der Waals surface area contributed by atoms with E-state index < -0.39 is 23.5 Å². The van der Waals surface area contributed by atoms with Gasteiger partial charge in [0.25, 0.3) is 0 Å². The molecule has 0 bridgehead atoms. The van der Waals surface area contributed by atoms with E-state index in [1.807, 2.05) is 24.3 Å². The number of ether oxygens (including phenoxy) is 1. The number of piperidine rings is 1. The minimum Gasteiger partial charge on any atom is -0.481 e. The molecule has 5 rings (SSSR count). The van der Waals surface area contributed by atoms with Gasteiger partial charge < -0.3 is 20.1 Å². The molecule has 0 aromatic heterocycles. The summed E-state index contributed by atoms with van der Waals surface area (Å²) in [5, 5.41) is 12.3. The zero-order valence-electron chi connectivity index (χ0n) is 19.2. The highest BCUT2D eigenvalue weighted by Crippen LogP contribution is 2.44. The molecular weight excluding hydrogens is 432 g/mol. The van der Waals surface area contributed by atoms with Crippen LogP contribution in [0.1, 0.15) is 55.6 Å². The average molecular weight is 463 g/mol. The van der Waals surface area contributed by atoms with Gasteiger partial charge in [-0.3, -0.25) is 9.59 Å². The Morgan fingerprint density at radius 2 is 1.59 bits per heavy atom. The number of likely N-dealkylation sites (tertiary alicyclic amines) is 1. The molecule has 1 atom stereocenters. The van der Waals surface area contributed by atoms with Crippen LogP contribution in [0.25, 0.3) is 11.1 Å². The van der Waals surface area contributed by atoms with Crippen molar-refractivity contribution >= 4 is 18.0 Å². The molecule has 178 valence electrons. The first-order chi connectivity index (χ1) is 16.5. The summed E-state index contributed by atoms with van der Waals surface area (Å²) in [4.78, 5) is 39.5. The van der Waals surface area contributed by atoms with Crippen LogP contribution in [0.4, 0.5) is 4.79 Å². The van der Waals surface area contributed by atoms with Gasteiger partial charge in [-0.15, -0.1) is 0 Å². The van der Waals surface area contributed by atoms with Crippen molar-refractivity contribution in [2.45, 2.75) is 50.0 Å². The quantitative estimate of drug-likeness (QED) is 0.696. The van der Waals surface area contributed by atoms with Crippen molar-refractivity contribution in [2.24, 2.45) is 5.92 Å². The Morgan fingerprint density at radius 1 is 0.971 bits per heavy atom. The molecule has 1 unspecified atom stereocenters. The van der Waals surface area contributed by atoms with E-state index in [4.69, 9.17) is 4.74 Å². The molecule has 2 fully saturated rings. The highest BCUT2D eigenvalue weighted by atomic mass is 16.5. The monoisotopic (exact) mass is 462 g/mol. The van der Waals surface area contributed by atoms with E-state index in [9.17, 15) is 19.5 Å². The number of benzene rings is 2. The van der Waals surface area contributed by atoms with Crippen molar-refractivity contribution in [2.75, 3.05) is 19.7 Å². The van der Waals surface area contributed by atoms with Crippen LogP contribution < -0.4 is 5.32 Å². The van der Waals surface area contributed by atoms with Gasteiger partial charge in [0.1, 0.15) is 12.1 Å². The summed E-state index contributed by atoms with van der Waals surface area (Å²) >= 11 is 0. The lowest BCUT2D eigenvalue weighted by Crippen LogP contribution is -2.60. The SMILES string of the molecule is O=C(NC1(C(=O)N2CCCC(C(=O)O)C2)CCCC1)OCC1c2ccccc2-c2ccccc21. The number of nitrogens with one attached hydrogen (secondary N) is 1. The minimum absolute atomic E-state index is 0.0493. The van der Waals surface area contributed by atoms with Gasteiger partial charge in [0.2, 0.25) is 5.91 Å². The topological polar surface area (TPSA) is 95.9 Å². The number of aliphatic carboxylic acids is 1. The molecule has 0 radical (unpaired) electrons. The fourth-order valence-corrected chi connectivity index (χ4v) is 5.87. The van der Waals surface area contributed by atoms with Crippen LogP contribution in [0, 0.1) is 5.92 Å². The molecule has 1 saturated carbocycles. The van der Waals surface area contributed by atoms with Gasteiger partial charge in [0, 0.05) is 19.0 Å². The molecule has 2 amide bonds. The standard InChI is InChI=1S/C27H30N2O5/c30-24(31)18-8-7-15-29(16-18)25(32)27(13-5-6-14-27)28-26(33)34-17-23-21-11-3-1-9-19(21)20-10-2-4-12-22(20)23/h1-4,9-12,18,23H,5-8,13-17H2,(H,28,33)(H,30,31). The summed E-state index contributed by atoms with van der Waals surface area (Å²) in [5.41, 5.74) is 3.58. The number of amides is 2. The normalized spacial score (nSPS) is 20.9. The van der Waals surface area contributed by atoms with E-state index in [2.05, 4.69) is 29.6 Å². The number of carboxylic acid groups (broad SMARTS) is 1. The molecule has 34 heavy (non-hydrogen) atoms. The predicted octanol–water partition coefficient (Wildman–Crippen LogP) is 4.16. The molecule has 1 heterocycles. The first-order valence-electron chi connectivity index (χ1n) is 12.1. The minimum atomic E-state index is -1.01. The number of hydrogen-bond acceptors (Lipinski definition) is 4. The highest BCUT2D eigenvalue weighted by Gasteiger charge is 2.46. The molecule has 7 heteroatoms. The lowest BCUT2D eigenvalue weighted by Gasteiger charge is -2.38. The van der Waals surface area contributed by atoms with Crippen LogP contribution in [0.2, 0.25) is 0 Å². The van der Waals surface area contributed by atoms with Crippen LogP contribution in [-0.4, -0.2) is 53.2 Å². The zero-order valence-corrected chi connectivity index (χ0v) is 19.2. The lowest BCUT2D eigenvalue weighted by molar-refractivity contribution is -0.147. The second-order valence-corrected chi connectivity index (χ2v) is 9.67. The van der Waals surface area contributed by atoms with Gasteiger partial charge >= 0.3 is 12.1 Å². The Labute approximate surface area is 199 Å². The molecule has 2 N–H and O–H groups in total. The fourth-order valence-electron chi connectivity index (χ4n) is 5.87. The molecular formula is C27H30N2O5. The molecule has 1 aliphatic heterocycles. The summed E-state index contributed by atoms with van der Waals surface area (Å²) < 4.78 is 5.71. The van der Waals surface area contributed by atoms with Crippen LogP contribution in [0.15, 0.2) is 48.5 Å². The molecule has 7 nitrogen and oxygen atoms in total. The van der Waals surface area contributed by atoms with E-state index in [0.717, 1.165) is 35.1 Å². The van der Waals surface area contributed by atoms with Crippen LogP contribution >= 0.6 is 0 Å². The Morgan fingerprint density at radius 3 is 2.21 bits per heavy atom. The summed E-state index contributed by atoms with van der Waals surface area (Å²) in [5.74, 6) is -1.65. The third-order valence-corrected chi connectivity index (χ3v) is 7.61. The zero-order chi connectivity index (χ0) is 23.7. The maximum Gasteiger partial charge on any atom is 0.408 e. The maximum absolute atomic E-state index is 13.5. The Bertz CT molecular complexity index is 1060. The Hall–Kier alpha value is -3.35. The van der Waals surface area contributed by atoms with E-state index in [1.54, 1.807) is 4.90 Å². The van der Waals surface area contributed by atoms with Gasteiger partial charge in [-0.05, 0) is 47.9 Å². The van der Waals surface area contributed by atoms with Gasteiger partial charge in [0.15, 0.2) is 0 Å². The summed E-state index contributed by atoms with van der Waals surface area (Å²) in [6, 6.07) is 16.3. The third-order valence-electron chi connectivity index (χ3n) is 7.61. The van der Waals surface area contributed by atoms with E-state index in [0.29, 0.717) is 32.2 Å². The summed E-state index contributed by atoms with van der Waals surface area (Å²) in [6.07, 6.45) is 3.41. The van der Waals surface area contributed by atoms with E-state index >= 15 is 0 Å². The molecule has 0 spiro atoms. The smallest absolute Gasteiger partial charge is 0.408 e. The number of carbonyl (C=O) groups excluding carboxylic acids is 2. The van der Waals surface area contributed by atoms with Crippen molar-refractivity contribution in [3.63, 3.8) is 0 Å². The average Bonchev–Trinajstić information content (AvgIpc) is 3.46. The fraction of sp³-hybridized carbons (Fsp3) is 0.444. The van der Waals surface area contributed by atoms with Crippen LogP contribution in [0.5, 0.6) is 0 Å². The van der Waals surface area contributed by atoms with Crippen LogP contribution in [-0.2, 0) is 14.3 Å². The number of carboxylic acids is 1. The molecule has 2 aromatic rings. The molecule has 2 aromatic carbocycles. The van der Waals surface area contributed by atoms with Crippen molar-refractivity contribution < 1.29 is 24.2 Å². The number of alkyl carbamates (subject to hydrolysis) is 1. The van der Waals surface area contributed by atoms with E-state index in [-0.39, 0.29) is 25.0 Å². The Kier molecular flexibility index (Phi) is 6.02. The van der Waals surface area contributed by atoms with Crippen LogP contribution in [0.3, 0.4) is 0 Å². The highest BCUT2D eigenvalue weighted by molar-refractivity contribution is 5.91. The molecule has 2 aliphatic carbocycles. The lowest BCUT2D eigenvalue weighted by atomic mass is 9.92. The molecule has 1 saturated heterocycles. The first-order valence-corrected chi connectivity index (χ1v) is 12.1. The van der Waals surface area contributed by atoms with Crippen molar-refractivity contribution in [3.8, 4) is 11.1 Å². The van der Waals surface area contributed by atoms with Gasteiger partial charge in [0.05, 0.1) is 5.92 Å². The number of fused-ring (bicyclic) bond motifs is 3. The second kappa shape index (κ2) is 9.12. The maximum atomic E-state index is 13.5. The number of hydrogen-bond donors (Lipinski definition) is 2. The number of rotatable bonds is 5. The van der Waals surface area contributed by atoms with Crippen molar-refractivity contribution in [1.82, 2.24) is 10.2 Å². The van der Waals surface area contributed by atoms with Crippen molar-refractivity contribution in [1.29, 1.82) is 0 Å². The van der Waals surface area contributed by atoms with Gasteiger partial charge in [-0.1, -0.05) is 61.4 Å². The third kappa shape index (κ3) is 4.04. The van der Waals surface area contributed by atoms with Gasteiger partial charge in [-0.25, -0.2) is 4.79 Å². The van der Waals surface area contributed by atoms with Crippen molar-refractivity contribution in [3.05, 3.63) is 59.7 Å². The Balaban J connectivity index is 1.28. The summed E-state index contributed by atoms with van der Waals surface area (Å²) in [6.45, 7) is 0.911. The first kappa shape index (κ1) is 22.4. The summed E-state index contributed by atoms with van der Waals surface area (Å²) in [7, 11) is 0. The number of carbonyl (C=O) groups is 3. The predicted molar refractivity (Wildman–Crippen MR) is 126 cm³/mol.